The Morgan fingerprint density at radius 3 is 1.31 bits per heavy atom. The van der Waals surface area contributed by atoms with Crippen molar-refractivity contribution in [2.75, 3.05) is 0 Å². The first-order valence-corrected chi connectivity index (χ1v) is 24.8. The van der Waals surface area contributed by atoms with Crippen LogP contribution in [0.2, 0.25) is 42.8 Å². The molecule has 10 aliphatic rings. The Hall–Kier alpha value is -0.181. The summed E-state index contributed by atoms with van der Waals surface area (Å²) in [5.74, 6) is 0. The molecule has 0 aliphatic carbocycles. The number of aryl methyl sites for hydroxylation is 4. The van der Waals surface area contributed by atoms with Gasteiger partial charge in [-0.1, -0.05) is 0 Å². The summed E-state index contributed by atoms with van der Waals surface area (Å²) in [6, 6.07) is 15.3. The summed E-state index contributed by atoms with van der Waals surface area (Å²) in [5.41, 5.74) is 6.77. The van der Waals surface area contributed by atoms with Crippen molar-refractivity contribution < 1.29 is 6.51 Å². The van der Waals surface area contributed by atoms with Crippen molar-refractivity contribution in [2.45, 2.75) is 139 Å². The van der Waals surface area contributed by atoms with E-state index in [0.717, 1.165) is 14.0 Å². The van der Waals surface area contributed by atoms with Crippen LogP contribution >= 0.6 is 15.8 Å². The van der Waals surface area contributed by atoms with Crippen molar-refractivity contribution in [2.24, 2.45) is 0 Å². The minimum absolute atomic E-state index is 0.0183. The zero-order chi connectivity index (χ0) is 27.4. The summed E-state index contributed by atoms with van der Waals surface area (Å²) in [6.07, 6.45) is 0. The van der Waals surface area contributed by atoms with Crippen LogP contribution in [0, 0.1) is 27.7 Å². The third-order valence-electron chi connectivity index (χ3n) is 20.5. The van der Waals surface area contributed by atoms with Crippen LogP contribution < -0.4 is 10.6 Å². The van der Waals surface area contributed by atoms with Crippen LogP contribution in [0.1, 0.15) is 70.7 Å². The van der Waals surface area contributed by atoms with Crippen molar-refractivity contribution >= 4 is 26.5 Å². The summed E-state index contributed by atoms with van der Waals surface area (Å²) in [6.45, 7) is 24.8. The minimum atomic E-state index is -3.69. The molecule has 5 unspecified atom stereocenters. The van der Waals surface area contributed by atoms with E-state index in [1.165, 1.54) is 60.8 Å². The first-order valence-electron chi connectivity index (χ1n) is 15.9. The molecule has 10 heterocycles. The molecule has 0 N–H and O–H groups in total. The molecule has 1 spiro atoms. The van der Waals surface area contributed by atoms with Gasteiger partial charge < -0.3 is 0 Å². The first-order chi connectivity index (χ1) is 17.9. The summed E-state index contributed by atoms with van der Waals surface area (Å²) in [5, 5.41) is 4.37. The molecule has 39 heavy (non-hydrogen) atoms. The molecule has 10 fully saturated rings. The molecule has 0 aromatic heterocycles. The van der Waals surface area contributed by atoms with E-state index in [9.17, 15) is 0 Å². The van der Waals surface area contributed by atoms with Crippen molar-refractivity contribution in [3.63, 3.8) is 0 Å². The van der Waals surface area contributed by atoms with Gasteiger partial charge in [0.05, 0.1) is 0 Å². The molecule has 0 saturated carbocycles. The fourth-order valence-electron chi connectivity index (χ4n) is 23.4. The van der Waals surface area contributed by atoms with E-state index in [1.807, 2.05) is 0 Å². The second-order valence-electron chi connectivity index (χ2n) is 20.2. The Labute approximate surface area is 229 Å². The number of hydrogen-bond donors (Lipinski definition) is 0. The van der Waals surface area contributed by atoms with Gasteiger partial charge in [0.25, 0.3) is 0 Å². The second-order valence-corrected chi connectivity index (χ2v) is 50.4. The van der Waals surface area contributed by atoms with Gasteiger partial charge in [0.2, 0.25) is 0 Å². The average molecular weight is 599 g/mol. The first kappa shape index (κ1) is 22.4. The summed E-state index contributed by atoms with van der Waals surface area (Å²) < 4.78 is 1.75. The predicted molar refractivity (Wildman–Crippen MR) is 169 cm³/mol. The van der Waals surface area contributed by atoms with Crippen molar-refractivity contribution in [1.82, 2.24) is 0 Å². The van der Waals surface area contributed by atoms with Crippen LogP contribution in [0.5, 0.6) is 0 Å². The zero-order valence-electron chi connectivity index (χ0n) is 25.9. The van der Waals surface area contributed by atoms with Crippen LogP contribution in [-0.4, -0.2) is 20.0 Å². The third-order valence-corrected chi connectivity index (χ3v) is 74.8. The number of benzene rings is 2. The average Bonchev–Trinajstić information content (AvgIpc) is 3.71. The molecule has 2 aromatic rings. The maximum absolute atomic E-state index is 3.69. The SMILES string of the molecule is Cc1cc(C)cc(P(c2cc(C)cc(C)c2)C(C)[C@@]23[CH]4[CH]5[CH]6[C]2(P(C(C)(C)C)C(C)(C)C)[Fe]56432789[CH]3[CH]2[CH]7[CH]8[CH]39)c1. The van der Waals surface area contributed by atoms with Crippen molar-refractivity contribution in [1.29, 1.82) is 0 Å². The van der Waals surface area contributed by atoms with E-state index in [1.54, 1.807) is 10.6 Å². The van der Waals surface area contributed by atoms with E-state index in [-0.39, 0.29) is 15.8 Å². The fourth-order valence-corrected chi connectivity index (χ4v) is 124. The Morgan fingerprint density at radius 2 is 1.00 bits per heavy atom. The molecule has 6 atom stereocenters. The molecule has 2 aromatic carbocycles. The number of fused-ring (bicyclic) bond motifs is 10. The number of rotatable bonds is 5. The van der Waals surface area contributed by atoms with Crippen molar-refractivity contribution in [3.8, 4) is 0 Å². The standard InChI is InChI=1S/C31H43P2.C5H5.Fe/c1-21-15-22(2)18-26(17-21)32(27-19-23(3)16-24(4)20-27)25(5)28-13-12-14-29(28)33(30(6,7)8)31(9,10)11;1-2-4-5-3-1;/h12-20,25H,1-11H3;1-5H;. The maximum atomic E-state index is 2.89. The van der Waals surface area contributed by atoms with Gasteiger partial charge in [-0.25, -0.2) is 0 Å². The normalized spacial score (nSPS) is 62.6. The third kappa shape index (κ3) is 0.590. The summed E-state index contributed by atoms with van der Waals surface area (Å²) in [4.78, 5) is 10.8. The summed E-state index contributed by atoms with van der Waals surface area (Å²) in [7, 11) is -0.384. The molecule has 210 valence electrons. The van der Waals surface area contributed by atoms with Crippen LogP contribution in [-0.2, 0) is 6.51 Å². The van der Waals surface area contributed by atoms with Gasteiger partial charge in [0, 0.05) is 0 Å². The van der Waals surface area contributed by atoms with Gasteiger partial charge in [-0.3, -0.25) is 0 Å². The molecule has 12 rings (SSSR count). The van der Waals surface area contributed by atoms with Gasteiger partial charge in [0.15, 0.2) is 0 Å². The topological polar surface area (TPSA) is 0 Å². The van der Waals surface area contributed by atoms with Crippen LogP contribution in [0.4, 0.5) is 0 Å². The van der Waals surface area contributed by atoms with E-state index in [0.29, 0.717) is 10.3 Å². The molecule has 10 aliphatic heterocycles. The van der Waals surface area contributed by atoms with Gasteiger partial charge in [-0.05, 0) is 0 Å². The predicted octanol–water partition coefficient (Wildman–Crippen LogP) is 10.5. The van der Waals surface area contributed by atoms with Gasteiger partial charge in [-0.15, -0.1) is 0 Å². The van der Waals surface area contributed by atoms with Crippen LogP contribution in [0.3, 0.4) is 0 Å². The van der Waals surface area contributed by atoms with Gasteiger partial charge >= 0.3 is 231 Å². The Balaban J connectivity index is 1.17. The van der Waals surface area contributed by atoms with E-state index >= 15 is 0 Å². The summed E-state index contributed by atoms with van der Waals surface area (Å²) >= 11 is 0. The fraction of sp³-hybridized carbons (Fsp3) is 0.667. The van der Waals surface area contributed by atoms with Crippen LogP contribution in [0.15, 0.2) is 36.4 Å². The van der Waals surface area contributed by atoms with Gasteiger partial charge in [0.1, 0.15) is 0 Å². The molecule has 3 heteroatoms. The second kappa shape index (κ2) is 3.24. The Bertz CT molecular complexity index is 1890. The molecule has 10 saturated heterocycles. The quantitative estimate of drug-likeness (QED) is 0.237. The van der Waals surface area contributed by atoms with Gasteiger partial charge in [-0.2, -0.15) is 0 Å². The van der Waals surface area contributed by atoms with E-state index < -0.39 is 6.51 Å². The molecular weight excluding hydrogens is 550 g/mol. The van der Waals surface area contributed by atoms with E-state index in [2.05, 4.69) is 113 Å². The van der Waals surface area contributed by atoms with E-state index in [4.69, 9.17) is 0 Å². The Kier molecular flexibility index (Phi) is 1.86. The molecule has 0 amide bonds. The van der Waals surface area contributed by atoms with Crippen molar-refractivity contribution in [3.05, 3.63) is 58.7 Å². The molecule has 0 nitrogen and oxygen atoms in total. The van der Waals surface area contributed by atoms with Crippen LogP contribution in [0.25, 0.3) is 0 Å². The zero-order valence-corrected chi connectivity index (χ0v) is 28.8. The number of hydrogen-bond acceptors (Lipinski definition) is 0. The Morgan fingerprint density at radius 1 is 0.615 bits per heavy atom. The molecule has 0 radical (unpaired) electrons. The monoisotopic (exact) mass is 598 g/mol. The molecule has 0 bridgehead atoms. The molecular formula is C36H48FeP2.